The lowest BCUT2D eigenvalue weighted by atomic mass is 10.3. The van der Waals surface area contributed by atoms with Crippen molar-refractivity contribution in [2.24, 2.45) is 0 Å². The number of rotatable bonds is 5. The highest BCUT2D eigenvalue weighted by atomic mass is 32.2. The van der Waals surface area contributed by atoms with Crippen molar-refractivity contribution in [2.75, 3.05) is 6.54 Å². The van der Waals surface area contributed by atoms with E-state index in [0.717, 1.165) is 12.3 Å². The maximum atomic E-state index is 11.7. The molecule has 1 aromatic heterocycles. The SMILES string of the molecule is C=C(C)CNS(=O)(=O)c1ccc(C(=O)O)cn1. The molecule has 1 aromatic rings. The van der Waals surface area contributed by atoms with E-state index in [-0.39, 0.29) is 17.1 Å². The number of hydrogen-bond acceptors (Lipinski definition) is 4. The summed E-state index contributed by atoms with van der Waals surface area (Å²) < 4.78 is 25.6. The molecule has 0 atom stereocenters. The summed E-state index contributed by atoms with van der Waals surface area (Å²) >= 11 is 0. The van der Waals surface area contributed by atoms with Crippen molar-refractivity contribution in [3.63, 3.8) is 0 Å². The summed E-state index contributed by atoms with van der Waals surface area (Å²) in [5.74, 6) is -1.16. The standard InChI is InChI=1S/C10H12N2O4S/c1-7(2)5-12-17(15,16)9-4-3-8(6-11-9)10(13)14/h3-4,6,12H,1,5H2,2H3,(H,13,14). The van der Waals surface area contributed by atoms with Crippen LogP contribution in [0.5, 0.6) is 0 Å². The van der Waals surface area contributed by atoms with Crippen LogP contribution in [0.1, 0.15) is 17.3 Å². The van der Waals surface area contributed by atoms with E-state index < -0.39 is 16.0 Å². The van der Waals surface area contributed by atoms with Crippen LogP contribution in [-0.2, 0) is 10.0 Å². The van der Waals surface area contributed by atoms with Crippen molar-refractivity contribution >= 4 is 16.0 Å². The van der Waals surface area contributed by atoms with E-state index in [4.69, 9.17) is 5.11 Å². The van der Waals surface area contributed by atoms with Crippen LogP contribution in [0.25, 0.3) is 0 Å². The lowest BCUT2D eigenvalue weighted by Crippen LogP contribution is -2.26. The molecular formula is C10H12N2O4S. The Morgan fingerprint density at radius 1 is 1.53 bits per heavy atom. The number of aromatic nitrogens is 1. The van der Waals surface area contributed by atoms with Crippen molar-refractivity contribution in [3.05, 3.63) is 36.0 Å². The molecule has 0 aromatic carbocycles. The zero-order valence-electron chi connectivity index (χ0n) is 9.17. The van der Waals surface area contributed by atoms with Gasteiger partial charge in [0.25, 0.3) is 10.0 Å². The smallest absolute Gasteiger partial charge is 0.337 e. The molecule has 0 spiro atoms. The van der Waals surface area contributed by atoms with Crippen molar-refractivity contribution in [3.8, 4) is 0 Å². The van der Waals surface area contributed by atoms with Gasteiger partial charge in [0.05, 0.1) is 5.56 Å². The molecule has 0 aliphatic carbocycles. The van der Waals surface area contributed by atoms with Crippen LogP contribution in [0.2, 0.25) is 0 Å². The molecular weight excluding hydrogens is 244 g/mol. The van der Waals surface area contributed by atoms with Crippen LogP contribution in [-0.4, -0.2) is 31.0 Å². The summed E-state index contributed by atoms with van der Waals surface area (Å²) in [6.07, 6.45) is 0.998. The highest BCUT2D eigenvalue weighted by Gasteiger charge is 2.15. The number of carboxylic acids is 1. The van der Waals surface area contributed by atoms with Gasteiger partial charge in [0, 0.05) is 12.7 Å². The normalized spacial score (nSPS) is 11.1. The third-order valence-electron chi connectivity index (χ3n) is 1.82. The van der Waals surface area contributed by atoms with Crippen molar-refractivity contribution in [1.29, 1.82) is 0 Å². The van der Waals surface area contributed by atoms with Gasteiger partial charge in [-0.05, 0) is 19.1 Å². The number of hydrogen-bond donors (Lipinski definition) is 2. The van der Waals surface area contributed by atoms with Crippen LogP contribution in [0.15, 0.2) is 35.5 Å². The lowest BCUT2D eigenvalue weighted by molar-refractivity contribution is 0.0696. The Morgan fingerprint density at radius 3 is 2.59 bits per heavy atom. The second-order valence-corrected chi connectivity index (χ2v) is 5.19. The molecule has 2 N–H and O–H groups in total. The number of nitrogens with one attached hydrogen (secondary N) is 1. The summed E-state index contributed by atoms with van der Waals surface area (Å²) in [7, 11) is -3.71. The number of sulfonamides is 1. The van der Waals surface area contributed by atoms with E-state index in [0.29, 0.717) is 5.57 Å². The van der Waals surface area contributed by atoms with Crippen molar-refractivity contribution in [2.45, 2.75) is 11.9 Å². The third-order valence-corrected chi connectivity index (χ3v) is 3.14. The molecule has 0 aliphatic rings. The maximum Gasteiger partial charge on any atom is 0.337 e. The van der Waals surface area contributed by atoms with Gasteiger partial charge in [-0.15, -0.1) is 0 Å². The molecule has 0 saturated heterocycles. The number of nitrogens with zero attached hydrogens (tertiary/aromatic N) is 1. The molecule has 0 saturated carbocycles. The van der Waals surface area contributed by atoms with Gasteiger partial charge in [-0.2, -0.15) is 0 Å². The Balaban J connectivity index is 2.92. The van der Waals surface area contributed by atoms with Crippen LogP contribution in [0.4, 0.5) is 0 Å². The zero-order chi connectivity index (χ0) is 13.1. The monoisotopic (exact) mass is 256 g/mol. The molecule has 0 fully saturated rings. The minimum atomic E-state index is -3.71. The van der Waals surface area contributed by atoms with Crippen LogP contribution in [0.3, 0.4) is 0 Å². The van der Waals surface area contributed by atoms with E-state index in [1.807, 2.05) is 0 Å². The summed E-state index contributed by atoms with van der Waals surface area (Å²) in [6, 6.07) is 2.33. The molecule has 0 aliphatic heterocycles. The lowest BCUT2D eigenvalue weighted by Gasteiger charge is -2.05. The fourth-order valence-corrected chi connectivity index (χ4v) is 1.98. The Kier molecular flexibility index (Phi) is 3.97. The number of carbonyl (C=O) groups is 1. The molecule has 0 radical (unpaired) electrons. The predicted octanol–water partition coefficient (Wildman–Crippen LogP) is 0.634. The molecule has 0 amide bonds. The first kappa shape index (κ1) is 13.3. The largest absolute Gasteiger partial charge is 0.478 e. The Labute approximate surface area is 99.1 Å². The summed E-state index contributed by atoms with van der Waals surface area (Å²) in [6.45, 7) is 5.36. The van der Waals surface area contributed by atoms with Gasteiger partial charge in [0.1, 0.15) is 0 Å². The summed E-state index contributed by atoms with van der Waals surface area (Å²) in [5.41, 5.74) is 0.597. The molecule has 92 valence electrons. The van der Waals surface area contributed by atoms with Gasteiger partial charge < -0.3 is 5.11 Å². The molecule has 1 rings (SSSR count). The molecule has 17 heavy (non-hydrogen) atoms. The fraction of sp³-hybridized carbons (Fsp3) is 0.200. The second-order valence-electron chi connectivity index (χ2n) is 3.47. The topological polar surface area (TPSA) is 96.4 Å². The van der Waals surface area contributed by atoms with Crippen LogP contribution in [0, 0.1) is 0 Å². The average molecular weight is 256 g/mol. The van der Waals surface area contributed by atoms with Crippen LogP contribution >= 0.6 is 0 Å². The number of carboxylic acid groups (broad SMARTS) is 1. The van der Waals surface area contributed by atoms with Gasteiger partial charge in [-0.1, -0.05) is 12.2 Å². The van der Waals surface area contributed by atoms with E-state index in [1.54, 1.807) is 6.92 Å². The number of aromatic carboxylic acids is 1. The highest BCUT2D eigenvalue weighted by molar-refractivity contribution is 7.89. The Bertz CT molecular complexity index is 534. The fourth-order valence-electron chi connectivity index (χ4n) is 0.958. The van der Waals surface area contributed by atoms with Gasteiger partial charge in [-0.3, -0.25) is 0 Å². The first-order valence-corrected chi connectivity index (χ1v) is 6.14. The Morgan fingerprint density at radius 2 is 2.18 bits per heavy atom. The molecule has 0 bridgehead atoms. The van der Waals surface area contributed by atoms with Gasteiger partial charge >= 0.3 is 5.97 Å². The van der Waals surface area contributed by atoms with Crippen molar-refractivity contribution < 1.29 is 18.3 Å². The molecule has 0 unspecified atom stereocenters. The predicted molar refractivity (Wildman–Crippen MR) is 61.2 cm³/mol. The first-order chi connectivity index (χ1) is 7.83. The highest BCUT2D eigenvalue weighted by Crippen LogP contribution is 2.06. The quantitative estimate of drug-likeness (QED) is 0.753. The minimum Gasteiger partial charge on any atom is -0.478 e. The summed E-state index contributed by atoms with van der Waals surface area (Å²) in [5, 5.41) is 8.42. The summed E-state index contributed by atoms with van der Waals surface area (Å²) in [4.78, 5) is 14.1. The zero-order valence-corrected chi connectivity index (χ0v) is 9.99. The first-order valence-electron chi connectivity index (χ1n) is 4.66. The second kappa shape index (κ2) is 5.07. The molecule has 7 heteroatoms. The average Bonchev–Trinajstić information content (AvgIpc) is 2.27. The van der Waals surface area contributed by atoms with Gasteiger partial charge in [-0.25, -0.2) is 22.9 Å². The third kappa shape index (κ3) is 3.65. The van der Waals surface area contributed by atoms with E-state index in [2.05, 4.69) is 16.3 Å². The van der Waals surface area contributed by atoms with Gasteiger partial charge in [0.15, 0.2) is 5.03 Å². The minimum absolute atomic E-state index is 0.0659. The number of pyridine rings is 1. The molecule has 1 heterocycles. The maximum absolute atomic E-state index is 11.7. The van der Waals surface area contributed by atoms with E-state index in [1.165, 1.54) is 6.07 Å². The van der Waals surface area contributed by atoms with Crippen LogP contribution < -0.4 is 4.72 Å². The molecule has 6 nitrogen and oxygen atoms in total. The van der Waals surface area contributed by atoms with E-state index in [9.17, 15) is 13.2 Å². The Hall–Kier alpha value is -1.73. The van der Waals surface area contributed by atoms with Crippen molar-refractivity contribution in [1.82, 2.24) is 9.71 Å². The van der Waals surface area contributed by atoms with Gasteiger partial charge in [0.2, 0.25) is 0 Å². The van der Waals surface area contributed by atoms with E-state index >= 15 is 0 Å².